The lowest BCUT2D eigenvalue weighted by Gasteiger charge is -2.22. The van der Waals surface area contributed by atoms with E-state index in [1.165, 1.54) is 5.56 Å². The van der Waals surface area contributed by atoms with E-state index in [4.69, 9.17) is 4.98 Å². The zero-order valence-electron chi connectivity index (χ0n) is 11.4. The lowest BCUT2D eigenvalue weighted by atomic mass is 9.95. The van der Waals surface area contributed by atoms with E-state index in [1.807, 2.05) is 10.7 Å². The van der Waals surface area contributed by atoms with Gasteiger partial charge in [0.15, 0.2) is 5.65 Å². The van der Waals surface area contributed by atoms with Crippen LogP contribution in [0.3, 0.4) is 0 Å². The number of anilines is 1. The van der Waals surface area contributed by atoms with Crippen LogP contribution in [0.1, 0.15) is 12.5 Å². The van der Waals surface area contributed by atoms with Crippen molar-refractivity contribution in [2.75, 3.05) is 24.5 Å². The molecule has 0 amide bonds. The lowest BCUT2D eigenvalue weighted by molar-refractivity contribution is 0.471. The maximum Gasteiger partial charge on any atom is 0.245 e. The summed E-state index contributed by atoms with van der Waals surface area (Å²) in [6, 6.07) is 4.68. The number of aromatic nitrogens is 3. The average Bonchev–Trinajstić information content (AvgIpc) is 3.04. The maximum absolute atomic E-state index is 4.69. The zero-order chi connectivity index (χ0) is 13.0. The Kier molecular flexibility index (Phi) is 2.33. The summed E-state index contributed by atoms with van der Waals surface area (Å²) < 4.78 is 1.88. The normalized spacial score (nSPS) is 30.2. The molecule has 0 bridgehead atoms. The Morgan fingerprint density at radius 2 is 2.26 bits per heavy atom. The van der Waals surface area contributed by atoms with E-state index >= 15 is 0 Å². The van der Waals surface area contributed by atoms with Gasteiger partial charge in [0.25, 0.3) is 0 Å². The molecule has 0 radical (unpaired) electrons. The fraction of sp³-hybridized carbons (Fsp3) is 0.571. The van der Waals surface area contributed by atoms with Gasteiger partial charge >= 0.3 is 0 Å². The van der Waals surface area contributed by atoms with Crippen LogP contribution in [0.5, 0.6) is 0 Å². The average molecular weight is 257 g/mol. The van der Waals surface area contributed by atoms with Crippen LogP contribution in [0, 0.1) is 18.8 Å². The molecule has 2 aliphatic heterocycles. The largest absolute Gasteiger partial charge is 0.336 e. The molecule has 100 valence electrons. The number of rotatable bonds is 1. The second kappa shape index (κ2) is 3.93. The van der Waals surface area contributed by atoms with E-state index in [0.717, 1.165) is 43.1 Å². The highest BCUT2D eigenvalue weighted by Gasteiger charge is 2.43. The highest BCUT2D eigenvalue weighted by atomic mass is 15.4. The molecule has 5 nitrogen and oxygen atoms in total. The van der Waals surface area contributed by atoms with Crippen molar-refractivity contribution in [3.63, 3.8) is 0 Å². The molecular formula is C14H19N5. The number of fused-ring (bicyclic) bond motifs is 2. The summed E-state index contributed by atoms with van der Waals surface area (Å²) in [5.41, 5.74) is 2.17. The molecule has 4 heterocycles. The third kappa shape index (κ3) is 1.64. The van der Waals surface area contributed by atoms with Gasteiger partial charge in [-0.3, -0.25) is 0 Å². The molecule has 5 heteroatoms. The van der Waals surface area contributed by atoms with Crippen molar-refractivity contribution in [3.05, 3.63) is 23.9 Å². The summed E-state index contributed by atoms with van der Waals surface area (Å²) >= 11 is 0. The molecule has 0 saturated carbocycles. The van der Waals surface area contributed by atoms with Crippen LogP contribution in [-0.2, 0) is 0 Å². The van der Waals surface area contributed by atoms with Crippen molar-refractivity contribution in [2.45, 2.75) is 19.9 Å². The van der Waals surface area contributed by atoms with Crippen LogP contribution in [0.4, 0.5) is 5.95 Å². The Morgan fingerprint density at radius 1 is 1.37 bits per heavy atom. The predicted octanol–water partition coefficient (Wildman–Crippen LogP) is 1.08. The van der Waals surface area contributed by atoms with Gasteiger partial charge in [0.2, 0.25) is 5.95 Å². The molecule has 0 aliphatic carbocycles. The minimum absolute atomic E-state index is 0.526. The zero-order valence-corrected chi connectivity index (χ0v) is 11.4. The number of nitrogens with one attached hydrogen (secondary N) is 1. The molecule has 2 aromatic rings. The maximum atomic E-state index is 4.69. The third-order valence-electron chi connectivity index (χ3n) is 4.67. The third-order valence-corrected chi connectivity index (χ3v) is 4.67. The molecule has 2 aromatic heterocycles. The van der Waals surface area contributed by atoms with E-state index in [0.29, 0.717) is 6.04 Å². The second-order valence-electron chi connectivity index (χ2n) is 5.89. The van der Waals surface area contributed by atoms with E-state index in [2.05, 4.69) is 41.3 Å². The summed E-state index contributed by atoms with van der Waals surface area (Å²) in [4.78, 5) is 7.06. The van der Waals surface area contributed by atoms with Gasteiger partial charge in [-0.25, -0.2) is 4.52 Å². The summed E-state index contributed by atoms with van der Waals surface area (Å²) in [6.07, 6.45) is 1.99. The summed E-state index contributed by atoms with van der Waals surface area (Å²) in [7, 11) is 0. The van der Waals surface area contributed by atoms with Crippen molar-refractivity contribution >= 4 is 11.6 Å². The quantitative estimate of drug-likeness (QED) is 0.830. The Hall–Kier alpha value is -1.62. The van der Waals surface area contributed by atoms with Gasteiger partial charge < -0.3 is 10.2 Å². The number of hydrogen-bond donors (Lipinski definition) is 1. The van der Waals surface area contributed by atoms with Gasteiger partial charge in [-0.05, 0) is 43.4 Å². The molecule has 3 atom stereocenters. The van der Waals surface area contributed by atoms with Crippen LogP contribution in [0.15, 0.2) is 18.3 Å². The molecule has 3 unspecified atom stereocenters. The monoisotopic (exact) mass is 257 g/mol. The van der Waals surface area contributed by atoms with Crippen LogP contribution in [0.25, 0.3) is 5.65 Å². The van der Waals surface area contributed by atoms with E-state index in [9.17, 15) is 0 Å². The van der Waals surface area contributed by atoms with E-state index < -0.39 is 0 Å². The SMILES string of the molecule is Cc1ccn2nc(N3CC4CNCC4C3C)nc2c1. The molecule has 4 rings (SSSR count). The fourth-order valence-electron chi connectivity index (χ4n) is 3.52. The Labute approximate surface area is 112 Å². The Bertz CT molecular complexity index is 619. The topological polar surface area (TPSA) is 45.5 Å². The van der Waals surface area contributed by atoms with Gasteiger partial charge in [-0.1, -0.05) is 0 Å². The molecule has 19 heavy (non-hydrogen) atoms. The van der Waals surface area contributed by atoms with E-state index in [-0.39, 0.29) is 0 Å². The van der Waals surface area contributed by atoms with Gasteiger partial charge in [-0.15, -0.1) is 5.10 Å². The molecule has 0 spiro atoms. The number of nitrogens with zero attached hydrogens (tertiary/aromatic N) is 4. The Morgan fingerprint density at radius 3 is 3.11 bits per heavy atom. The first-order valence-corrected chi connectivity index (χ1v) is 7.03. The molecule has 0 aromatic carbocycles. The number of aryl methyl sites for hydroxylation is 1. The molecule has 1 N–H and O–H groups in total. The van der Waals surface area contributed by atoms with Crippen molar-refractivity contribution in [1.29, 1.82) is 0 Å². The Balaban J connectivity index is 1.71. The number of pyridine rings is 1. The summed E-state index contributed by atoms with van der Waals surface area (Å²) in [5.74, 6) is 2.38. The lowest BCUT2D eigenvalue weighted by Crippen LogP contribution is -2.33. The van der Waals surface area contributed by atoms with Crippen molar-refractivity contribution in [2.24, 2.45) is 11.8 Å². The van der Waals surface area contributed by atoms with E-state index in [1.54, 1.807) is 0 Å². The highest BCUT2D eigenvalue weighted by molar-refractivity contribution is 5.47. The van der Waals surface area contributed by atoms with Crippen LogP contribution in [-0.4, -0.2) is 40.3 Å². The van der Waals surface area contributed by atoms with Gasteiger partial charge in [-0.2, -0.15) is 4.98 Å². The molecule has 2 fully saturated rings. The van der Waals surface area contributed by atoms with Crippen molar-refractivity contribution in [3.8, 4) is 0 Å². The van der Waals surface area contributed by atoms with Crippen molar-refractivity contribution in [1.82, 2.24) is 19.9 Å². The highest BCUT2D eigenvalue weighted by Crippen LogP contribution is 2.34. The first kappa shape index (κ1) is 11.2. The minimum Gasteiger partial charge on any atom is -0.336 e. The number of hydrogen-bond acceptors (Lipinski definition) is 4. The van der Waals surface area contributed by atoms with Crippen LogP contribution < -0.4 is 10.2 Å². The standard InChI is InChI=1S/C14H19N5/c1-9-3-4-19-13(5-9)16-14(17-19)18-8-11-6-15-7-12(11)10(18)2/h3-5,10-12,15H,6-8H2,1-2H3. The predicted molar refractivity (Wildman–Crippen MR) is 74.4 cm³/mol. The summed E-state index contributed by atoms with van der Waals surface area (Å²) in [6.45, 7) is 7.74. The van der Waals surface area contributed by atoms with Crippen LogP contribution in [0.2, 0.25) is 0 Å². The minimum atomic E-state index is 0.526. The van der Waals surface area contributed by atoms with Gasteiger partial charge in [0.05, 0.1) is 0 Å². The first-order chi connectivity index (χ1) is 9.22. The fourth-order valence-corrected chi connectivity index (χ4v) is 3.52. The first-order valence-electron chi connectivity index (χ1n) is 7.03. The molecule has 2 saturated heterocycles. The molecule has 2 aliphatic rings. The smallest absolute Gasteiger partial charge is 0.245 e. The van der Waals surface area contributed by atoms with Crippen LogP contribution >= 0.6 is 0 Å². The van der Waals surface area contributed by atoms with Gasteiger partial charge in [0.1, 0.15) is 0 Å². The molecular weight excluding hydrogens is 238 g/mol. The second-order valence-corrected chi connectivity index (χ2v) is 5.89. The van der Waals surface area contributed by atoms with Crippen molar-refractivity contribution < 1.29 is 0 Å². The van der Waals surface area contributed by atoms with Gasteiger partial charge in [0, 0.05) is 31.9 Å². The summed E-state index contributed by atoms with van der Waals surface area (Å²) in [5, 5.41) is 8.11.